The lowest BCUT2D eigenvalue weighted by molar-refractivity contribution is -0.137. The van der Waals surface area contributed by atoms with Crippen LogP contribution < -0.4 is 9.80 Å². The summed E-state index contributed by atoms with van der Waals surface area (Å²) in [6, 6.07) is 42.5. The molecule has 0 saturated carbocycles. The Kier molecular flexibility index (Phi) is 6.65. The van der Waals surface area contributed by atoms with Crippen LogP contribution in [0.3, 0.4) is 0 Å². The summed E-state index contributed by atoms with van der Waals surface area (Å²) < 4.78 is 40.3. The Bertz CT molecular complexity index is 2160. The minimum Gasteiger partial charge on any atom is -0.306 e. The van der Waals surface area contributed by atoms with Crippen LogP contribution in [-0.4, -0.2) is 4.98 Å². The van der Waals surface area contributed by atoms with Crippen LogP contribution in [0.1, 0.15) is 11.1 Å². The molecule has 3 nitrogen and oxygen atoms in total. The van der Waals surface area contributed by atoms with Crippen molar-refractivity contribution >= 4 is 56.4 Å². The maximum absolute atomic E-state index is 13.4. The number of aryl methyl sites for hydroxylation is 1. The lowest BCUT2D eigenvalue weighted by Crippen LogP contribution is -2.24. The maximum atomic E-state index is 13.4. The zero-order valence-electron chi connectivity index (χ0n) is 24.7. The highest BCUT2D eigenvalue weighted by Gasteiger charge is 2.32. The van der Waals surface area contributed by atoms with Gasteiger partial charge in [-0.15, -0.1) is 11.3 Å². The van der Waals surface area contributed by atoms with Crippen molar-refractivity contribution in [3.8, 4) is 21.7 Å². The molecule has 0 N–H and O–H groups in total. The summed E-state index contributed by atoms with van der Waals surface area (Å²) in [5, 5.41) is 3.05. The number of hydrogen-bond donors (Lipinski definition) is 0. The van der Waals surface area contributed by atoms with E-state index >= 15 is 0 Å². The molecule has 1 aliphatic heterocycles. The van der Waals surface area contributed by atoms with Gasteiger partial charge in [0, 0.05) is 27.1 Å². The first-order chi connectivity index (χ1) is 22.4. The van der Waals surface area contributed by atoms with Crippen molar-refractivity contribution in [1.82, 2.24) is 4.98 Å². The molecule has 46 heavy (non-hydrogen) atoms. The number of aromatic nitrogens is 1. The van der Waals surface area contributed by atoms with Gasteiger partial charge < -0.3 is 9.80 Å². The Morgan fingerprint density at radius 1 is 0.609 bits per heavy atom. The summed E-state index contributed by atoms with van der Waals surface area (Å²) in [5.41, 5.74) is 9.38. The van der Waals surface area contributed by atoms with Gasteiger partial charge in [-0.05, 0) is 84.6 Å². The van der Waals surface area contributed by atoms with Gasteiger partial charge in [0.05, 0.1) is 45.2 Å². The van der Waals surface area contributed by atoms with Gasteiger partial charge in [-0.2, -0.15) is 13.2 Å². The van der Waals surface area contributed by atoms with Crippen LogP contribution in [-0.2, 0) is 6.18 Å². The number of halogens is 3. The number of fused-ring (bicyclic) bond motifs is 3. The zero-order valence-corrected chi connectivity index (χ0v) is 25.5. The molecule has 0 unspecified atom stereocenters. The van der Waals surface area contributed by atoms with E-state index in [0.29, 0.717) is 11.3 Å². The minimum atomic E-state index is -4.41. The molecule has 0 aliphatic carbocycles. The van der Waals surface area contributed by atoms with Gasteiger partial charge >= 0.3 is 6.18 Å². The van der Waals surface area contributed by atoms with Crippen LogP contribution in [0.2, 0.25) is 0 Å². The Morgan fingerprint density at radius 2 is 1.22 bits per heavy atom. The lowest BCUT2D eigenvalue weighted by Gasteiger charge is -2.40. The van der Waals surface area contributed by atoms with Crippen LogP contribution in [0.4, 0.5) is 47.3 Å². The predicted molar refractivity (Wildman–Crippen MR) is 183 cm³/mol. The Balaban J connectivity index is 1.41. The van der Waals surface area contributed by atoms with Crippen LogP contribution in [0, 0.1) is 6.92 Å². The molecule has 2 aromatic heterocycles. The molecular formula is C39H26F3N3S. The summed E-state index contributed by atoms with van der Waals surface area (Å²) >= 11 is 1.63. The summed E-state index contributed by atoms with van der Waals surface area (Å²) in [6.07, 6.45) is -4.41. The van der Waals surface area contributed by atoms with Gasteiger partial charge in [-0.1, -0.05) is 66.7 Å². The second-order valence-corrected chi connectivity index (χ2v) is 12.2. The van der Waals surface area contributed by atoms with Crippen LogP contribution in [0.5, 0.6) is 0 Å². The SMILES string of the molecule is Cc1ccc(N2c3ccccc3N(c3ccccc3)c3ccccc32)c2nc(-c3ccc(C(F)(F)F)cc3)cc(-c3cccs3)c12. The van der Waals surface area contributed by atoms with E-state index in [4.69, 9.17) is 4.98 Å². The molecule has 0 atom stereocenters. The fourth-order valence-corrected chi connectivity index (χ4v) is 7.09. The second kappa shape index (κ2) is 10.9. The van der Waals surface area contributed by atoms with Crippen LogP contribution in [0.25, 0.3) is 32.6 Å². The van der Waals surface area contributed by atoms with Crippen molar-refractivity contribution < 1.29 is 13.2 Å². The molecule has 0 radical (unpaired) electrons. The van der Waals surface area contributed by atoms with Crippen molar-refractivity contribution in [2.45, 2.75) is 13.1 Å². The second-order valence-electron chi connectivity index (χ2n) is 11.2. The molecule has 0 bridgehead atoms. The summed E-state index contributed by atoms with van der Waals surface area (Å²) in [7, 11) is 0. The number of alkyl halides is 3. The molecule has 3 heterocycles. The molecular weight excluding hydrogens is 600 g/mol. The smallest absolute Gasteiger partial charge is 0.306 e. The third kappa shape index (κ3) is 4.63. The Morgan fingerprint density at radius 3 is 1.80 bits per heavy atom. The number of benzene rings is 5. The van der Waals surface area contributed by atoms with E-state index in [1.54, 1.807) is 11.3 Å². The first kappa shape index (κ1) is 28.1. The molecule has 224 valence electrons. The Hall–Kier alpha value is -5.40. The van der Waals surface area contributed by atoms with E-state index in [2.05, 4.69) is 71.3 Å². The maximum Gasteiger partial charge on any atom is 0.416 e. The molecule has 5 aromatic carbocycles. The van der Waals surface area contributed by atoms with Crippen molar-refractivity contribution in [2.24, 2.45) is 0 Å². The van der Waals surface area contributed by atoms with Crippen molar-refractivity contribution in [3.05, 3.63) is 150 Å². The van der Waals surface area contributed by atoms with Crippen molar-refractivity contribution in [1.29, 1.82) is 0 Å². The molecule has 0 amide bonds. The number of pyridine rings is 1. The fourth-order valence-electron chi connectivity index (χ4n) is 6.34. The van der Waals surface area contributed by atoms with E-state index in [9.17, 15) is 13.2 Å². The molecule has 7 heteroatoms. The molecule has 0 spiro atoms. The number of hydrogen-bond acceptors (Lipinski definition) is 4. The molecule has 1 aliphatic rings. The van der Waals surface area contributed by atoms with Gasteiger partial charge in [-0.3, -0.25) is 0 Å². The van der Waals surface area contributed by atoms with Gasteiger partial charge in [0.2, 0.25) is 0 Å². The van der Waals surface area contributed by atoms with Gasteiger partial charge in [0.25, 0.3) is 0 Å². The fraction of sp³-hybridized carbons (Fsp3) is 0.0513. The summed E-state index contributed by atoms with van der Waals surface area (Å²) in [5.74, 6) is 0. The Labute approximate surface area is 268 Å². The highest BCUT2D eigenvalue weighted by atomic mass is 32.1. The van der Waals surface area contributed by atoms with E-state index in [-0.39, 0.29) is 0 Å². The van der Waals surface area contributed by atoms with Gasteiger partial charge in [0.1, 0.15) is 0 Å². The number of nitrogens with zero attached hydrogens (tertiary/aromatic N) is 3. The topological polar surface area (TPSA) is 19.4 Å². The molecule has 8 rings (SSSR count). The third-order valence-corrected chi connectivity index (χ3v) is 9.33. The monoisotopic (exact) mass is 625 g/mol. The number of rotatable bonds is 4. The third-order valence-electron chi connectivity index (χ3n) is 8.42. The van der Waals surface area contributed by atoms with E-state index in [0.717, 1.165) is 73.2 Å². The van der Waals surface area contributed by atoms with Gasteiger partial charge in [-0.25, -0.2) is 4.98 Å². The molecule has 0 saturated heterocycles. The van der Waals surface area contributed by atoms with Crippen molar-refractivity contribution in [2.75, 3.05) is 9.80 Å². The summed E-state index contributed by atoms with van der Waals surface area (Å²) in [4.78, 5) is 10.8. The molecule has 7 aromatic rings. The highest BCUT2D eigenvalue weighted by Crippen LogP contribution is 2.55. The molecule has 0 fully saturated rings. The van der Waals surface area contributed by atoms with Crippen molar-refractivity contribution in [3.63, 3.8) is 0 Å². The summed E-state index contributed by atoms with van der Waals surface area (Å²) in [6.45, 7) is 2.08. The zero-order chi connectivity index (χ0) is 31.4. The highest BCUT2D eigenvalue weighted by molar-refractivity contribution is 7.13. The lowest BCUT2D eigenvalue weighted by atomic mass is 9.97. The normalized spacial score (nSPS) is 12.7. The quantitative estimate of drug-likeness (QED) is 0.194. The number of thiophene rings is 1. The number of para-hydroxylation sites is 5. The average Bonchev–Trinajstić information content (AvgIpc) is 3.63. The van der Waals surface area contributed by atoms with Gasteiger partial charge in [0.15, 0.2) is 0 Å². The van der Waals surface area contributed by atoms with E-state index in [1.807, 2.05) is 60.0 Å². The first-order valence-corrected chi connectivity index (χ1v) is 15.8. The predicted octanol–water partition coefficient (Wildman–Crippen LogP) is 12.2. The standard InChI is InChI=1S/C39H26F3N3S/c1-25-17-22-35(45-33-14-7-5-12-31(33)44(28-10-3-2-4-11-28)32-13-6-8-15-34(32)45)38-37(25)29(36-16-9-23-46-36)24-30(43-38)26-18-20-27(21-19-26)39(40,41)42/h2-24H,1H3. The largest absolute Gasteiger partial charge is 0.416 e. The minimum absolute atomic E-state index is 0.612. The van der Waals surface area contributed by atoms with E-state index in [1.165, 1.54) is 12.1 Å². The number of anilines is 6. The van der Waals surface area contributed by atoms with Crippen LogP contribution >= 0.6 is 11.3 Å². The first-order valence-electron chi connectivity index (χ1n) is 14.9. The average molecular weight is 626 g/mol. The van der Waals surface area contributed by atoms with E-state index < -0.39 is 11.7 Å². The van der Waals surface area contributed by atoms with Crippen LogP contribution in [0.15, 0.2) is 139 Å².